The van der Waals surface area contributed by atoms with Crippen LogP contribution in [-0.4, -0.2) is 24.2 Å². The number of aliphatic hydroxyl groups excluding tert-OH is 1. The molecule has 1 aromatic heterocycles. The number of hydrogen-bond acceptors (Lipinski definition) is 3. The summed E-state index contributed by atoms with van der Waals surface area (Å²) in [5.41, 5.74) is 3.78. The molecule has 0 unspecified atom stereocenters. The van der Waals surface area contributed by atoms with Crippen LogP contribution in [0, 0.1) is 0 Å². The molecule has 1 aromatic carbocycles. The number of pyridine rings is 1. The molecule has 18 heavy (non-hydrogen) atoms. The molecule has 0 spiro atoms. The van der Waals surface area contributed by atoms with E-state index in [2.05, 4.69) is 22.0 Å². The van der Waals surface area contributed by atoms with Crippen molar-refractivity contribution in [1.82, 2.24) is 4.98 Å². The molecular weight excluding hydrogens is 224 g/mol. The molecule has 3 nitrogen and oxygen atoms in total. The summed E-state index contributed by atoms with van der Waals surface area (Å²) in [6, 6.07) is 13.9. The van der Waals surface area contributed by atoms with Gasteiger partial charge in [0.1, 0.15) is 0 Å². The van der Waals surface area contributed by atoms with Crippen LogP contribution >= 0.6 is 0 Å². The second-order valence-corrected chi connectivity index (χ2v) is 4.57. The van der Waals surface area contributed by atoms with Crippen molar-refractivity contribution >= 4 is 5.69 Å². The Morgan fingerprint density at radius 1 is 1.11 bits per heavy atom. The van der Waals surface area contributed by atoms with E-state index in [0.29, 0.717) is 5.69 Å². The monoisotopic (exact) mass is 242 g/mol. The third-order valence-corrected chi connectivity index (χ3v) is 2.86. The zero-order valence-electron chi connectivity index (χ0n) is 11.0. The highest BCUT2D eigenvalue weighted by atomic mass is 16.3. The van der Waals surface area contributed by atoms with Gasteiger partial charge in [0, 0.05) is 25.3 Å². The second-order valence-electron chi connectivity index (χ2n) is 4.57. The highest BCUT2D eigenvalue weighted by Gasteiger charge is 2.06. The minimum absolute atomic E-state index is 0.540. The Kier molecular flexibility index (Phi) is 3.63. The van der Waals surface area contributed by atoms with Crippen molar-refractivity contribution in [3.8, 4) is 11.3 Å². The summed E-state index contributed by atoms with van der Waals surface area (Å²) in [6.45, 7) is 1.72. The molecule has 0 saturated carbocycles. The van der Waals surface area contributed by atoms with E-state index in [1.807, 2.05) is 44.4 Å². The van der Waals surface area contributed by atoms with Crippen LogP contribution in [0.15, 0.2) is 42.5 Å². The van der Waals surface area contributed by atoms with Crippen molar-refractivity contribution < 1.29 is 5.11 Å². The number of aromatic nitrogens is 1. The first-order valence-corrected chi connectivity index (χ1v) is 6.00. The van der Waals surface area contributed by atoms with Gasteiger partial charge < -0.3 is 10.0 Å². The molecule has 1 atom stereocenters. The van der Waals surface area contributed by atoms with E-state index in [0.717, 1.165) is 16.9 Å². The van der Waals surface area contributed by atoms with Crippen molar-refractivity contribution in [2.45, 2.75) is 13.0 Å². The normalized spacial score (nSPS) is 12.2. The molecule has 0 aliphatic heterocycles. The Balaban J connectivity index is 2.42. The molecule has 0 aliphatic carbocycles. The van der Waals surface area contributed by atoms with E-state index in [4.69, 9.17) is 0 Å². The summed E-state index contributed by atoms with van der Waals surface area (Å²) in [6.07, 6.45) is -0.540. The van der Waals surface area contributed by atoms with Gasteiger partial charge in [-0.2, -0.15) is 0 Å². The fraction of sp³-hybridized carbons (Fsp3) is 0.267. The molecule has 2 aromatic rings. The maximum Gasteiger partial charge on any atom is 0.0932 e. The average molecular weight is 242 g/mol. The summed E-state index contributed by atoms with van der Waals surface area (Å²) in [5.74, 6) is 0. The second kappa shape index (κ2) is 5.19. The van der Waals surface area contributed by atoms with Crippen LogP contribution in [0.25, 0.3) is 11.3 Å². The number of benzene rings is 1. The Labute approximate surface area is 108 Å². The minimum Gasteiger partial charge on any atom is -0.387 e. The van der Waals surface area contributed by atoms with Gasteiger partial charge in [0.25, 0.3) is 0 Å². The Hall–Kier alpha value is -1.87. The van der Waals surface area contributed by atoms with Gasteiger partial charge in [-0.25, -0.2) is 0 Å². The first-order valence-electron chi connectivity index (χ1n) is 6.00. The van der Waals surface area contributed by atoms with Crippen molar-refractivity contribution in [3.63, 3.8) is 0 Å². The maximum atomic E-state index is 9.57. The van der Waals surface area contributed by atoms with E-state index >= 15 is 0 Å². The molecule has 94 valence electrons. The van der Waals surface area contributed by atoms with Crippen LogP contribution in [0.5, 0.6) is 0 Å². The summed E-state index contributed by atoms with van der Waals surface area (Å²) >= 11 is 0. The summed E-state index contributed by atoms with van der Waals surface area (Å²) < 4.78 is 0. The number of anilines is 1. The van der Waals surface area contributed by atoms with Crippen LogP contribution in [0.1, 0.15) is 18.7 Å². The highest BCUT2D eigenvalue weighted by Crippen LogP contribution is 2.23. The predicted octanol–water partition coefficient (Wildman–Crippen LogP) is 2.87. The molecular formula is C15H18N2O. The maximum absolute atomic E-state index is 9.57. The predicted molar refractivity (Wildman–Crippen MR) is 74.6 cm³/mol. The largest absolute Gasteiger partial charge is 0.387 e. The molecule has 0 saturated heterocycles. The van der Waals surface area contributed by atoms with Crippen LogP contribution in [0.3, 0.4) is 0 Å². The van der Waals surface area contributed by atoms with Crippen molar-refractivity contribution in [2.75, 3.05) is 19.0 Å². The van der Waals surface area contributed by atoms with Gasteiger partial charge in [-0.15, -0.1) is 0 Å². The van der Waals surface area contributed by atoms with E-state index in [-0.39, 0.29) is 0 Å². The lowest BCUT2D eigenvalue weighted by Crippen LogP contribution is -2.08. The molecule has 0 fully saturated rings. The lowest BCUT2D eigenvalue weighted by Gasteiger charge is -2.14. The fourth-order valence-corrected chi connectivity index (χ4v) is 1.79. The number of hydrogen-bond donors (Lipinski definition) is 1. The topological polar surface area (TPSA) is 36.4 Å². The van der Waals surface area contributed by atoms with Gasteiger partial charge in [0.15, 0.2) is 0 Å². The molecule has 0 radical (unpaired) electrons. The molecule has 1 N–H and O–H groups in total. The quantitative estimate of drug-likeness (QED) is 0.899. The van der Waals surface area contributed by atoms with Crippen molar-refractivity contribution in [1.29, 1.82) is 0 Å². The zero-order valence-corrected chi connectivity index (χ0v) is 11.0. The third-order valence-electron chi connectivity index (χ3n) is 2.86. The molecule has 3 heteroatoms. The Bertz CT molecular complexity index is 486. The van der Waals surface area contributed by atoms with Gasteiger partial charge in [-0.3, -0.25) is 4.98 Å². The molecule has 0 bridgehead atoms. The lowest BCUT2D eigenvalue weighted by atomic mass is 10.1. The lowest BCUT2D eigenvalue weighted by molar-refractivity contribution is 0.194. The number of nitrogens with zero attached hydrogens (tertiary/aromatic N) is 2. The van der Waals surface area contributed by atoms with Crippen LogP contribution in [0.2, 0.25) is 0 Å². The standard InChI is InChI=1S/C15H18N2O/c1-11(18)14-8-5-9-15(16-14)12-6-4-7-13(10-12)17(2)3/h4-11,18H,1-3H3/t11-/m1/s1. The summed E-state index contributed by atoms with van der Waals surface area (Å²) in [5, 5.41) is 9.57. The SMILES string of the molecule is C[C@@H](O)c1cccc(-c2cccc(N(C)C)c2)n1. The Morgan fingerprint density at radius 3 is 2.50 bits per heavy atom. The zero-order chi connectivity index (χ0) is 13.1. The smallest absolute Gasteiger partial charge is 0.0932 e. The highest BCUT2D eigenvalue weighted by molar-refractivity contribution is 5.65. The van der Waals surface area contributed by atoms with Gasteiger partial charge in [-0.1, -0.05) is 18.2 Å². The van der Waals surface area contributed by atoms with Gasteiger partial charge in [-0.05, 0) is 31.2 Å². The van der Waals surface area contributed by atoms with E-state index in [9.17, 15) is 5.11 Å². The number of rotatable bonds is 3. The van der Waals surface area contributed by atoms with Crippen LogP contribution in [-0.2, 0) is 0 Å². The summed E-state index contributed by atoms with van der Waals surface area (Å²) in [7, 11) is 4.03. The van der Waals surface area contributed by atoms with E-state index < -0.39 is 6.10 Å². The van der Waals surface area contributed by atoms with Crippen molar-refractivity contribution in [3.05, 3.63) is 48.2 Å². The first-order chi connectivity index (χ1) is 8.58. The molecule has 0 aliphatic rings. The van der Waals surface area contributed by atoms with Gasteiger partial charge >= 0.3 is 0 Å². The third kappa shape index (κ3) is 2.68. The molecule has 0 amide bonds. The summed E-state index contributed by atoms with van der Waals surface area (Å²) in [4.78, 5) is 6.53. The average Bonchev–Trinajstić information content (AvgIpc) is 2.39. The molecule has 1 heterocycles. The van der Waals surface area contributed by atoms with Gasteiger partial charge in [0.05, 0.1) is 17.5 Å². The van der Waals surface area contributed by atoms with Gasteiger partial charge in [0.2, 0.25) is 0 Å². The van der Waals surface area contributed by atoms with Crippen LogP contribution in [0.4, 0.5) is 5.69 Å². The number of aliphatic hydroxyl groups is 1. The van der Waals surface area contributed by atoms with Crippen molar-refractivity contribution in [2.24, 2.45) is 0 Å². The van der Waals surface area contributed by atoms with E-state index in [1.165, 1.54) is 0 Å². The Morgan fingerprint density at radius 2 is 1.83 bits per heavy atom. The fourth-order valence-electron chi connectivity index (χ4n) is 1.79. The first kappa shape index (κ1) is 12.6. The van der Waals surface area contributed by atoms with Crippen LogP contribution < -0.4 is 4.90 Å². The minimum atomic E-state index is -0.540. The molecule has 2 rings (SSSR count). The van der Waals surface area contributed by atoms with E-state index in [1.54, 1.807) is 6.92 Å².